The second-order valence-electron chi connectivity index (χ2n) is 8.88. The van der Waals surface area contributed by atoms with Gasteiger partial charge in [0.1, 0.15) is 16.9 Å². The Bertz CT molecular complexity index is 1730. The lowest BCUT2D eigenvalue weighted by Gasteiger charge is -2.31. The minimum Gasteiger partial charge on any atom is -0.493 e. The standard InChI is InChI=1S/C28H22N2O7/c1-34-19-11-10-15(13-21(19)35-2)22-23-17(31)7-5-9-20(23)36-27-24(22)26(32)29-25(30-27)16-12-14-6-3-4-8-18(14)37-28(16)33/h3-4,6,8,10-13,22H,5,7,9H2,1-2H3,(H,29,30,32). The smallest absolute Gasteiger partial charge is 0.347 e. The van der Waals surface area contributed by atoms with Crippen LogP contribution >= 0.6 is 0 Å². The van der Waals surface area contributed by atoms with Crippen LogP contribution in [0.2, 0.25) is 0 Å². The summed E-state index contributed by atoms with van der Waals surface area (Å²) in [5.41, 5.74) is 0.668. The molecule has 186 valence electrons. The number of benzene rings is 2. The summed E-state index contributed by atoms with van der Waals surface area (Å²) in [6.45, 7) is 0. The van der Waals surface area contributed by atoms with Crippen LogP contribution in [-0.2, 0) is 4.79 Å². The number of carbonyl (C=O) groups excluding carboxylic acids is 1. The van der Waals surface area contributed by atoms with Gasteiger partial charge in [-0.05, 0) is 36.2 Å². The van der Waals surface area contributed by atoms with Crippen molar-refractivity contribution in [3.8, 4) is 28.8 Å². The molecule has 0 radical (unpaired) electrons. The number of allylic oxidation sites excluding steroid dienone is 2. The molecule has 2 aliphatic rings. The Hall–Kier alpha value is -4.66. The van der Waals surface area contributed by atoms with Crippen LogP contribution in [-0.4, -0.2) is 30.0 Å². The van der Waals surface area contributed by atoms with E-state index >= 15 is 0 Å². The van der Waals surface area contributed by atoms with Crippen molar-refractivity contribution in [2.45, 2.75) is 25.2 Å². The van der Waals surface area contributed by atoms with Gasteiger partial charge in [0.25, 0.3) is 5.56 Å². The van der Waals surface area contributed by atoms with Gasteiger partial charge in [0.15, 0.2) is 23.1 Å². The van der Waals surface area contributed by atoms with E-state index in [1.54, 1.807) is 42.5 Å². The van der Waals surface area contributed by atoms with Gasteiger partial charge in [0, 0.05) is 23.8 Å². The lowest BCUT2D eigenvalue weighted by Crippen LogP contribution is -2.31. The number of aromatic nitrogens is 2. The third-order valence-corrected chi connectivity index (χ3v) is 6.76. The Kier molecular flexibility index (Phi) is 5.40. The van der Waals surface area contributed by atoms with Gasteiger partial charge in [-0.2, -0.15) is 4.98 Å². The molecule has 1 N–H and O–H groups in total. The van der Waals surface area contributed by atoms with E-state index in [0.717, 1.165) is 0 Å². The van der Waals surface area contributed by atoms with Crippen molar-refractivity contribution in [3.05, 3.63) is 91.8 Å². The topological polar surface area (TPSA) is 121 Å². The summed E-state index contributed by atoms with van der Waals surface area (Å²) in [6.07, 6.45) is 1.53. The molecule has 2 aromatic carbocycles. The van der Waals surface area contributed by atoms with Gasteiger partial charge in [-0.25, -0.2) is 4.79 Å². The Balaban J connectivity index is 1.56. The number of H-pyrrole nitrogens is 1. The molecule has 4 aromatic rings. The number of para-hydroxylation sites is 1. The Labute approximate surface area is 210 Å². The molecule has 0 spiro atoms. The fraction of sp³-hybridized carbons (Fsp3) is 0.214. The number of ether oxygens (including phenoxy) is 3. The van der Waals surface area contributed by atoms with E-state index < -0.39 is 17.1 Å². The van der Waals surface area contributed by atoms with E-state index in [1.165, 1.54) is 14.2 Å². The maximum atomic E-state index is 13.6. The van der Waals surface area contributed by atoms with Crippen LogP contribution in [0.15, 0.2) is 73.9 Å². The molecule has 3 heterocycles. The number of hydrogen-bond donors (Lipinski definition) is 1. The number of ketones is 1. The quantitative estimate of drug-likeness (QED) is 0.418. The number of hydrogen-bond acceptors (Lipinski definition) is 8. The monoisotopic (exact) mass is 498 g/mol. The zero-order chi connectivity index (χ0) is 25.7. The number of methoxy groups -OCH3 is 2. The molecular weight excluding hydrogens is 476 g/mol. The van der Waals surface area contributed by atoms with Crippen molar-refractivity contribution in [2.24, 2.45) is 0 Å². The molecule has 0 amide bonds. The minimum absolute atomic E-state index is 0.0282. The Morgan fingerprint density at radius 2 is 1.78 bits per heavy atom. The number of nitrogens with zero attached hydrogens (tertiary/aromatic N) is 1. The fourth-order valence-electron chi connectivity index (χ4n) is 5.04. The number of rotatable bonds is 4. The molecule has 6 rings (SSSR count). The van der Waals surface area contributed by atoms with Crippen LogP contribution in [0.1, 0.15) is 36.3 Å². The zero-order valence-corrected chi connectivity index (χ0v) is 20.1. The van der Waals surface area contributed by atoms with E-state index in [1.807, 2.05) is 6.07 Å². The predicted octanol–water partition coefficient (Wildman–Crippen LogP) is 4.09. The van der Waals surface area contributed by atoms with Crippen LogP contribution in [0, 0.1) is 0 Å². The highest BCUT2D eigenvalue weighted by molar-refractivity contribution is 5.99. The highest BCUT2D eigenvalue weighted by Crippen LogP contribution is 2.46. The molecule has 1 aliphatic heterocycles. The van der Waals surface area contributed by atoms with Crippen LogP contribution in [0.3, 0.4) is 0 Å². The Morgan fingerprint density at radius 1 is 0.973 bits per heavy atom. The summed E-state index contributed by atoms with van der Waals surface area (Å²) in [5.74, 6) is 0.759. The van der Waals surface area contributed by atoms with Gasteiger partial charge in [0.05, 0.1) is 25.7 Å². The second-order valence-corrected chi connectivity index (χ2v) is 8.88. The van der Waals surface area contributed by atoms with Crippen molar-refractivity contribution in [1.82, 2.24) is 9.97 Å². The third kappa shape index (κ3) is 3.70. The fourth-order valence-corrected chi connectivity index (χ4v) is 5.04. The molecule has 1 unspecified atom stereocenters. The van der Waals surface area contributed by atoms with E-state index in [-0.39, 0.29) is 28.6 Å². The first kappa shape index (κ1) is 22.8. The summed E-state index contributed by atoms with van der Waals surface area (Å²) in [6, 6.07) is 14.0. The van der Waals surface area contributed by atoms with Crippen molar-refractivity contribution in [3.63, 3.8) is 0 Å². The maximum Gasteiger partial charge on any atom is 0.347 e. The first-order valence-corrected chi connectivity index (χ1v) is 11.8. The first-order chi connectivity index (χ1) is 18.0. The normalized spacial score (nSPS) is 16.7. The number of carbonyl (C=O) groups is 1. The molecule has 1 atom stereocenters. The van der Waals surface area contributed by atoms with Gasteiger partial charge in [0.2, 0.25) is 5.88 Å². The van der Waals surface area contributed by atoms with Crippen molar-refractivity contribution in [1.29, 1.82) is 0 Å². The van der Waals surface area contributed by atoms with Gasteiger partial charge in [-0.1, -0.05) is 24.3 Å². The summed E-state index contributed by atoms with van der Waals surface area (Å²) < 4.78 is 22.3. The molecule has 1 aliphatic carbocycles. The molecular formula is C28H22N2O7. The third-order valence-electron chi connectivity index (χ3n) is 6.76. The van der Waals surface area contributed by atoms with E-state index in [2.05, 4.69) is 9.97 Å². The van der Waals surface area contributed by atoms with Gasteiger partial charge in [-0.3, -0.25) is 9.59 Å². The van der Waals surface area contributed by atoms with Crippen molar-refractivity contribution < 1.29 is 23.4 Å². The average molecular weight is 498 g/mol. The number of fused-ring (bicyclic) bond motifs is 2. The molecule has 9 heteroatoms. The molecule has 2 aromatic heterocycles. The second kappa shape index (κ2) is 8.77. The molecule has 37 heavy (non-hydrogen) atoms. The SMILES string of the molecule is COc1ccc(C2C3=C(CCCC3=O)Oc3nc(-c4cc5ccccc5oc4=O)[nH]c(=O)c32)cc1OC. The Morgan fingerprint density at radius 3 is 2.59 bits per heavy atom. The first-order valence-electron chi connectivity index (χ1n) is 11.8. The van der Waals surface area contributed by atoms with Crippen LogP contribution in [0.4, 0.5) is 0 Å². The van der Waals surface area contributed by atoms with E-state index in [9.17, 15) is 14.4 Å². The van der Waals surface area contributed by atoms with Crippen LogP contribution in [0.25, 0.3) is 22.4 Å². The van der Waals surface area contributed by atoms with Crippen molar-refractivity contribution >= 4 is 16.8 Å². The highest BCUT2D eigenvalue weighted by Gasteiger charge is 2.40. The lowest BCUT2D eigenvalue weighted by atomic mass is 9.78. The molecule has 0 saturated heterocycles. The number of nitrogens with one attached hydrogen (secondary N) is 1. The average Bonchev–Trinajstić information content (AvgIpc) is 2.91. The van der Waals surface area contributed by atoms with Gasteiger partial charge >= 0.3 is 5.63 Å². The van der Waals surface area contributed by atoms with Crippen LogP contribution < -0.4 is 25.4 Å². The van der Waals surface area contributed by atoms with Crippen molar-refractivity contribution in [2.75, 3.05) is 14.2 Å². The highest BCUT2D eigenvalue weighted by atomic mass is 16.5. The number of Topliss-reactive ketones (excluding diaryl/α,β-unsaturated/α-hetero) is 1. The molecule has 0 fully saturated rings. The minimum atomic E-state index is -0.718. The summed E-state index contributed by atoms with van der Waals surface area (Å²) >= 11 is 0. The maximum absolute atomic E-state index is 13.6. The largest absolute Gasteiger partial charge is 0.493 e. The predicted molar refractivity (Wildman–Crippen MR) is 134 cm³/mol. The van der Waals surface area contributed by atoms with E-state index in [4.69, 9.17) is 18.6 Å². The molecule has 0 bridgehead atoms. The summed E-state index contributed by atoms with van der Waals surface area (Å²) in [5, 5.41) is 0.685. The van der Waals surface area contributed by atoms with Gasteiger partial charge < -0.3 is 23.6 Å². The van der Waals surface area contributed by atoms with Crippen LogP contribution in [0.5, 0.6) is 17.4 Å². The molecule has 0 saturated carbocycles. The number of aromatic amines is 1. The zero-order valence-electron chi connectivity index (χ0n) is 20.1. The van der Waals surface area contributed by atoms with Gasteiger partial charge in [-0.15, -0.1) is 0 Å². The lowest BCUT2D eigenvalue weighted by molar-refractivity contribution is -0.116. The summed E-state index contributed by atoms with van der Waals surface area (Å²) in [7, 11) is 3.05. The molecule has 9 nitrogen and oxygen atoms in total. The summed E-state index contributed by atoms with van der Waals surface area (Å²) in [4.78, 5) is 46.7. The van der Waals surface area contributed by atoms with E-state index in [0.29, 0.717) is 58.6 Å².